The smallest absolute Gasteiger partial charge is 0.315 e. The van der Waals surface area contributed by atoms with Crippen molar-refractivity contribution in [2.24, 2.45) is 0 Å². The van der Waals surface area contributed by atoms with Crippen molar-refractivity contribution in [3.63, 3.8) is 0 Å². The van der Waals surface area contributed by atoms with E-state index in [1.807, 2.05) is 13.8 Å². The lowest BCUT2D eigenvalue weighted by Crippen LogP contribution is -2.46. The molecule has 21 heavy (non-hydrogen) atoms. The monoisotopic (exact) mass is 319 g/mol. The van der Waals surface area contributed by atoms with Crippen LogP contribution in [0.3, 0.4) is 0 Å². The summed E-state index contributed by atoms with van der Waals surface area (Å²) in [5.74, 6) is 0. The molecule has 0 aromatic carbocycles. The third-order valence-corrected chi connectivity index (χ3v) is 5.03. The number of amides is 2. The zero-order chi connectivity index (χ0) is 15.9. The summed E-state index contributed by atoms with van der Waals surface area (Å²) < 4.78 is 25.6. The summed E-state index contributed by atoms with van der Waals surface area (Å²) in [6.07, 6.45) is 7.63. The van der Waals surface area contributed by atoms with E-state index in [2.05, 4.69) is 10.6 Å². The van der Waals surface area contributed by atoms with Crippen LogP contribution in [0.25, 0.3) is 0 Å². The molecule has 0 aromatic heterocycles. The zero-order valence-electron chi connectivity index (χ0n) is 13.4. The van der Waals surface area contributed by atoms with Gasteiger partial charge >= 0.3 is 6.03 Å². The quantitative estimate of drug-likeness (QED) is 0.731. The van der Waals surface area contributed by atoms with Crippen LogP contribution in [0.15, 0.2) is 0 Å². The molecule has 1 aliphatic carbocycles. The number of carbonyl (C=O) groups is 1. The molecule has 124 valence electrons. The summed E-state index contributed by atoms with van der Waals surface area (Å²) in [5.41, 5.74) is 0. The van der Waals surface area contributed by atoms with Crippen LogP contribution in [-0.2, 0) is 10.0 Å². The van der Waals surface area contributed by atoms with Crippen LogP contribution < -0.4 is 10.6 Å². The van der Waals surface area contributed by atoms with Crippen LogP contribution in [0.5, 0.6) is 0 Å². The molecule has 6 nitrogen and oxygen atoms in total. The van der Waals surface area contributed by atoms with E-state index in [4.69, 9.17) is 0 Å². The van der Waals surface area contributed by atoms with E-state index in [1.54, 1.807) is 4.31 Å². The van der Waals surface area contributed by atoms with Gasteiger partial charge in [-0.05, 0) is 26.7 Å². The topological polar surface area (TPSA) is 78.5 Å². The van der Waals surface area contributed by atoms with Gasteiger partial charge in [0.05, 0.1) is 6.26 Å². The number of carbonyl (C=O) groups excluding carboxylic acids is 1. The molecule has 1 rings (SSSR count). The van der Waals surface area contributed by atoms with E-state index in [0.29, 0.717) is 13.1 Å². The number of sulfonamides is 1. The first-order valence-electron chi connectivity index (χ1n) is 7.82. The molecule has 2 amide bonds. The fourth-order valence-corrected chi connectivity index (χ4v) is 3.93. The molecule has 0 spiro atoms. The molecule has 1 fully saturated rings. The van der Waals surface area contributed by atoms with Crippen molar-refractivity contribution in [3.05, 3.63) is 0 Å². The SMILES string of the molecule is CC(C)NC(=O)NCCN(C1CCCCCC1)S(C)(=O)=O. The lowest BCUT2D eigenvalue weighted by molar-refractivity contribution is 0.235. The molecule has 1 aliphatic rings. The van der Waals surface area contributed by atoms with Crippen molar-refractivity contribution in [2.45, 2.75) is 64.5 Å². The van der Waals surface area contributed by atoms with Gasteiger partial charge in [0.15, 0.2) is 0 Å². The zero-order valence-corrected chi connectivity index (χ0v) is 14.2. The van der Waals surface area contributed by atoms with Crippen molar-refractivity contribution < 1.29 is 13.2 Å². The number of hydrogen-bond donors (Lipinski definition) is 2. The van der Waals surface area contributed by atoms with Gasteiger partial charge in [-0.2, -0.15) is 4.31 Å². The van der Waals surface area contributed by atoms with Crippen LogP contribution in [0.2, 0.25) is 0 Å². The van der Waals surface area contributed by atoms with Crippen molar-refractivity contribution in [2.75, 3.05) is 19.3 Å². The van der Waals surface area contributed by atoms with E-state index in [0.717, 1.165) is 25.7 Å². The molecule has 0 atom stereocenters. The maximum atomic E-state index is 12.0. The Morgan fingerprint density at radius 2 is 1.76 bits per heavy atom. The van der Waals surface area contributed by atoms with Gasteiger partial charge in [0.25, 0.3) is 0 Å². The Bertz CT molecular complexity index is 415. The summed E-state index contributed by atoms with van der Waals surface area (Å²) >= 11 is 0. The maximum Gasteiger partial charge on any atom is 0.315 e. The number of nitrogens with one attached hydrogen (secondary N) is 2. The molecule has 7 heteroatoms. The minimum absolute atomic E-state index is 0.0675. The van der Waals surface area contributed by atoms with Gasteiger partial charge in [-0.1, -0.05) is 25.7 Å². The van der Waals surface area contributed by atoms with Crippen LogP contribution >= 0.6 is 0 Å². The number of hydrogen-bond acceptors (Lipinski definition) is 3. The summed E-state index contributed by atoms with van der Waals surface area (Å²) in [7, 11) is -3.24. The van der Waals surface area contributed by atoms with Gasteiger partial charge in [0.1, 0.15) is 0 Å². The summed E-state index contributed by atoms with van der Waals surface area (Å²) in [6.45, 7) is 4.44. The van der Waals surface area contributed by atoms with Crippen molar-refractivity contribution in [1.82, 2.24) is 14.9 Å². The highest BCUT2D eigenvalue weighted by atomic mass is 32.2. The average molecular weight is 319 g/mol. The standard InChI is InChI=1S/C14H29N3O3S/c1-12(2)16-14(18)15-10-11-17(21(3,19)20)13-8-6-4-5-7-9-13/h12-13H,4-11H2,1-3H3,(H2,15,16,18). The van der Waals surface area contributed by atoms with E-state index >= 15 is 0 Å². The average Bonchev–Trinajstić information content (AvgIpc) is 2.60. The molecule has 0 heterocycles. The Labute approximate surface area is 128 Å². The predicted octanol–water partition coefficient (Wildman–Crippen LogP) is 1.68. The van der Waals surface area contributed by atoms with Crippen molar-refractivity contribution in [3.8, 4) is 0 Å². The van der Waals surface area contributed by atoms with E-state index in [-0.39, 0.29) is 18.1 Å². The maximum absolute atomic E-state index is 12.0. The van der Waals surface area contributed by atoms with Gasteiger partial charge in [-0.15, -0.1) is 0 Å². The van der Waals surface area contributed by atoms with Crippen LogP contribution in [0, 0.1) is 0 Å². The first-order chi connectivity index (χ1) is 9.80. The van der Waals surface area contributed by atoms with Gasteiger partial charge in [0, 0.05) is 25.2 Å². The molecular formula is C14H29N3O3S. The Balaban J connectivity index is 2.53. The molecule has 0 saturated heterocycles. The number of nitrogens with zero attached hydrogens (tertiary/aromatic N) is 1. The van der Waals surface area contributed by atoms with Crippen LogP contribution in [0.4, 0.5) is 4.79 Å². The second-order valence-corrected chi connectivity index (χ2v) is 8.01. The van der Waals surface area contributed by atoms with Gasteiger partial charge in [0.2, 0.25) is 10.0 Å². The second kappa shape index (κ2) is 8.58. The highest BCUT2D eigenvalue weighted by Crippen LogP contribution is 2.23. The Morgan fingerprint density at radius 1 is 1.19 bits per heavy atom. The van der Waals surface area contributed by atoms with Gasteiger partial charge in [-0.3, -0.25) is 0 Å². The molecule has 0 aromatic rings. The summed E-state index contributed by atoms with van der Waals surface area (Å²) in [5, 5.41) is 5.44. The normalized spacial score (nSPS) is 17.8. The summed E-state index contributed by atoms with van der Waals surface area (Å²) in [4.78, 5) is 11.5. The van der Waals surface area contributed by atoms with Crippen molar-refractivity contribution >= 4 is 16.1 Å². The third kappa shape index (κ3) is 7.13. The Morgan fingerprint density at radius 3 is 2.24 bits per heavy atom. The van der Waals surface area contributed by atoms with Crippen molar-refractivity contribution in [1.29, 1.82) is 0 Å². The predicted molar refractivity (Wildman–Crippen MR) is 84.7 cm³/mol. The molecule has 2 N–H and O–H groups in total. The Hall–Kier alpha value is -0.820. The summed E-state index contributed by atoms with van der Waals surface area (Å²) in [6, 6.07) is -0.102. The first-order valence-corrected chi connectivity index (χ1v) is 9.66. The lowest BCUT2D eigenvalue weighted by atomic mass is 10.1. The first kappa shape index (κ1) is 18.2. The fraction of sp³-hybridized carbons (Fsp3) is 0.929. The number of rotatable bonds is 6. The minimum Gasteiger partial charge on any atom is -0.337 e. The molecular weight excluding hydrogens is 290 g/mol. The molecule has 0 radical (unpaired) electrons. The fourth-order valence-electron chi connectivity index (χ4n) is 2.76. The minimum atomic E-state index is -3.24. The van der Waals surface area contributed by atoms with E-state index < -0.39 is 10.0 Å². The van der Waals surface area contributed by atoms with Gasteiger partial charge < -0.3 is 10.6 Å². The van der Waals surface area contributed by atoms with E-state index in [1.165, 1.54) is 19.1 Å². The molecule has 0 aliphatic heterocycles. The Kier molecular flexibility index (Phi) is 7.45. The molecule has 0 unspecified atom stereocenters. The lowest BCUT2D eigenvalue weighted by Gasteiger charge is -2.29. The second-order valence-electron chi connectivity index (χ2n) is 6.07. The van der Waals surface area contributed by atoms with E-state index in [9.17, 15) is 13.2 Å². The number of urea groups is 1. The molecule has 0 bridgehead atoms. The third-order valence-electron chi connectivity index (χ3n) is 3.70. The van der Waals surface area contributed by atoms with Crippen LogP contribution in [-0.4, -0.2) is 50.2 Å². The van der Waals surface area contributed by atoms with Crippen LogP contribution in [0.1, 0.15) is 52.4 Å². The molecule has 1 saturated carbocycles. The van der Waals surface area contributed by atoms with Gasteiger partial charge in [-0.25, -0.2) is 13.2 Å². The highest BCUT2D eigenvalue weighted by Gasteiger charge is 2.26. The highest BCUT2D eigenvalue weighted by molar-refractivity contribution is 7.88. The largest absolute Gasteiger partial charge is 0.337 e.